The van der Waals surface area contributed by atoms with E-state index in [4.69, 9.17) is 18.9 Å². The van der Waals surface area contributed by atoms with Gasteiger partial charge in [-0.3, -0.25) is 10.00 Å². The van der Waals surface area contributed by atoms with Crippen LogP contribution in [-0.2, 0) is 11.2 Å². The molecule has 9 nitrogen and oxygen atoms in total. The number of morpholine rings is 1. The molecule has 1 aliphatic rings. The number of rotatable bonds is 9. The molecule has 0 aliphatic carbocycles. The van der Waals surface area contributed by atoms with Gasteiger partial charge in [-0.1, -0.05) is 6.92 Å². The summed E-state index contributed by atoms with van der Waals surface area (Å²) in [5.41, 5.74) is 1.71. The van der Waals surface area contributed by atoms with Crippen LogP contribution in [0.4, 0.5) is 0 Å². The van der Waals surface area contributed by atoms with Gasteiger partial charge in [-0.25, -0.2) is 9.97 Å². The molecule has 4 rings (SSSR count). The number of benzene rings is 1. The molecule has 0 atom stereocenters. The van der Waals surface area contributed by atoms with E-state index in [1.54, 1.807) is 7.11 Å². The van der Waals surface area contributed by atoms with Crippen molar-refractivity contribution in [1.29, 1.82) is 0 Å². The molecule has 0 saturated carbocycles. The molecule has 1 saturated heterocycles. The first-order chi connectivity index (χ1) is 14.8. The molecule has 1 aromatic carbocycles. The Balaban J connectivity index is 1.46. The largest absolute Gasteiger partial charge is 0.493 e. The Labute approximate surface area is 175 Å². The number of fused-ring (bicyclic) bond motifs is 1. The Morgan fingerprint density at radius 1 is 1.13 bits per heavy atom. The van der Waals surface area contributed by atoms with Gasteiger partial charge in [-0.05, 0) is 18.9 Å². The van der Waals surface area contributed by atoms with Crippen LogP contribution in [0.2, 0.25) is 0 Å². The van der Waals surface area contributed by atoms with Crippen LogP contribution in [-0.4, -0.2) is 71.6 Å². The topological polar surface area (TPSA) is 94.6 Å². The summed E-state index contributed by atoms with van der Waals surface area (Å²) in [7, 11) is 1.62. The summed E-state index contributed by atoms with van der Waals surface area (Å²) in [6, 6.07) is 5.56. The van der Waals surface area contributed by atoms with E-state index in [1.807, 2.05) is 25.1 Å². The van der Waals surface area contributed by atoms with E-state index in [0.717, 1.165) is 62.3 Å². The number of methoxy groups -OCH3 is 1. The number of hydrogen-bond donors (Lipinski definition) is 1. The summed E-state index contributed by atoms with van der Waals surface area (Å²) < 4.78 is 22.8. The first kappa shape index (κ1) is 20.4. The van der Waals surface area contributed by atoms with Gasteiger partial charge >= 0.3 is 0 Å². The molecule has 0 bridgehead atoms. The molecule has 2 aromatic heterocycles. The van der Waals surface area contributed by atoms with Gasteiger partial charge in [0.15, 0.2) is 11.5 Å². The first-order valence-corrected chi connectivity index (χ1v) is 10.2. The lowest BCUT2D eigenvalue weighted by Crippen LogP contribution is -2.37. The van der Waals surface area contributed by atoms with E-state index >= 15 is 0 Å². The maximum absolute atomic E-state index is 6.00. The molecule has 0 radical (unpaired) electrons. The number of nitrogens with one attached hydrogen (secondary N) is 1. The monoisotopic (exact) mass is 413 g/mol. The average Bonchev–Trinajstić information content (AvgIpc) is 3.25. The van der Waals surface area contributed by atoms with E-state index < -0.39 is 0 Å². The zero-order valence-corrected chi connectivity index (χ0v) is 17.4. The second-order valence-electron chi connectivity index (χ2n) is 7.04. The number of aromatic amines is 1. The lowest BCUT2D eigenvalue weighted by Gasteiger charge is -2.26. The van der Waals surface area contributed by atoms with E-state index in [9.17, 15) is 0 Å². The van der Waals surface area contributed by atoms with Crippen molar-refractivity contribution in [3.8, 4) is 23.3 Å². The standard InChI is InChI=1S/C21H27N5O4/c1-3-15-11-20(25-24-15)30-21-16-12-18(27-2)19(13-17(16)22-14-23-21)29-8-4-5-26-6-9-28-10-7-26/h11-14H,3-10H2,1-2H3,(H,24,25). The van der Waals surface area contributed by atoms with Crippen molar-refractivity contribution < 1.29 is 18.9 Å². The zero-order chi connectivity index (χ0) is 20.8. The molecule has 1 aliphatic heterocycles. The molecule has 30 heavy (non-hydrogen) atoms. The van der Waals surface area contributed by atoms with Crippen LogP contribution in [0.15, 0.2) is 24.5 Å². The number of hydrogen-bond acceptors (Lipinski definition) is 8. The number of nitrogens with zero attached hydrogens (tertiary/aromatic N) is 4. The Hall–Kier alpha value is -2.91. The van der Waals surface area contributed by atoms with E-state index in [0.29, 0.717) is 29.9 Å². The summed E-state index contributed by atoms with van der Waals surface area (Å²) in [6.45, 7) is 7.21. The molecule has 9 heteroatoms. The summed E-state index contributed by atoms with van der Waals surface area (Å²) in [5.74, 6) is 2.16. The Morgan fingerprint density at radius 2 is 2.00 bits per heavy atom. The highest BCUT2D eigenvalue weighted by Gasteiger charge is 2.15. The van der Waals surface area contributed by atoms with Crippen LogP contribution < -0.4 is 14.2 Å². The molecule has 1 N–H and O–H groups in total. The van der Waals surface area contributed by atoms with Crippen LogP contribution in [0.3, 0.4) is 0 Å². The van der Waals surface area contributed by atoms with Gasteiger partial charge in [-0.2, -0.15) is 0 Å². The summed E-state index contributed by atoms with van der Waals surface area (Å²) >= 11 is 0. The fraction of sp³-hybridized carbons (Fsp3) is 0.476. The van der Waals surface area contributed by atoms with Crippen molar-refractivity contribution in [1.82, 2.24) is 25.1 Å². The van der Waals surface area contributed by atoms with Crippen LogP contribution >= 0.6 is 0 Å². The molecular weight excluding hydrogens is 386 g/mol. The highest BCUT2D eigenvalue weighted by Crippen LogP contribution is 2.35. The summed E-state index contributed by atoms with van der Waals surface area (Å²) in [5, 5.41) is 7.83. The molecule has 160 valence electrons. The van der Waals surface area contributed by atoms with Gasteiger partial charge in [0.05, 0.1) is 37.8 Å². The van der Waals surface area contributed by atoms with E-state index in [2.05, 4.69) is 25.1 Å². The minimum atomic E-state index is 0.423. The Bertz CT molecular complexity index is 971. The maximum Gasteiger partial charge on any atom is 0.240 e. The van der Waals surface area contributed by atoms with Gasteiger partial charge in [0.2, 0.25) is 11.8 Å². The number of ether oxygens (including phenoxy) is 4. The molecule has 3 aromatic rings. The molecule has 0 unspecified atom stereocenters. The quantitative estimate of drug-likeness (QED) is 0.535. The van der Waals surface area contributed by atoms with Gasteiger partial charge < -0.3 is 18.9 Å². The minimum Gasteiger partial charge on any atom is -0.493 e. The highest BCUT2D eigenvalue weighted by molar-refractivity contribution is 5.86. The second-order valence-corrected chi connectivity index (χ2v) is 7.04. The van der Waals surface area contributed by atoms with Crippen molar-refractivity contribution in [2.45, 2.75) is 19.8 Å². The molecular formula is C21H27N5O4. The Morgan fingerprint density at radius 3 is 2.77 bits per heavy atom. The van der Waals surface area contributed by atoms with Crippen LogP contribution in [0.1, 0.15) is 19.0 Å². The third-order valence-corrected chi connectivity index (χ3v) is 5.05. The molecule has 0 spiro atoms. The number of aryl methyl sites for hydroxylation is 1. The fourth-order valence-corrected chi connectivity index (χ4v) is 3.36. The second kappa shape index (κ2) is 9.73. The smallest absolute Gasteiger partial charge is 0.240 e. The number of aromatic nitrogens is 4. The van der Waals surface area contributed by atoms with Gasteiger partial charge in [0.25, 0.3) is 0 Å². The van der Waals surface area contributed by atoms with Crippen molar-refractivity contribution in [2.24, 2.45) is 0 Å². The molecule has 3 heterocycles. The lowest BCUT2D eigenvalue weighted by atomic mass is 10.2. The Kier molecular flexibility index (Phi) is 6.60. The third kappa shape index (κ3) is 4.80. The molecule has 0 amide bonds. The highest BCUT2D eigenvalue weighted by atomic mass is 16.5. The first-order valence-electron chi connectivity index (χ1n) is 10.2. The van der Waals surface area contributed by atoms with Gasteiger partial charge in [0.1, 0.15) is 6.33 Å². The van der Waals surface area contributed by atoms with E-state index in [-0.39, 0.29) is 0 Å². The van der Waals surface area contributed by atoms with Crippen molar-refractivity contribution in [2.75, 3.05) is 46.6 Å². The minimum absolute atomic E-state index is 0.423. The van der Waals surface area contributed by atoms with Gasteiger partial charge in [-0.15, -0.1) is 5.10 Å². The van der Waals surface area contributed by atoms with Crippen molar-refractivity contribution in [3.63, 3.8) is 0 Å². The average molecular weight is 413 g/mol. The van der Waals surface area contributed by atoms with E-state index in [1.165, 1.54) is 6.33 Å². The van der Waals surface area contributed by atoms with Crippen LogP contribution in [0.5, 0.6) is 23.3 Å². The summed E-state index contributed by atoms with van der Waals surface area (Å²) in [4.78, 5) is 11.0. The van der Waals surface area contributed by atoms with Gasteiger partial charge in [0, 0.05) is 37.5 Å². The third-order valence-electron chi connectivity index (χ3n) is 5.05. The fourth-order valence-electron chi connectivity index (χ4n) is 3.36. The lowest BCUT2D eigenvalue weighted by molar-refractivity contribution is 0.0357. The maximum atomic E-state index is 6.00. The van der Waals surface area contributed by atoms with Crippen LogP contribution in [0, 0.1) is 0 Å². The van der Waals surface area contributed by atoms with Crippen molar-refractivity contribution >= 4 is 10.9 Å². The van der Waals surface area contributed by atoms with Crippen LogP contribution in [0.25, 0.3) is 10.9 Å². The normalized spacial score (nSPS) is 14.7. The van der Waals surface area contributed by atoms with Crippen molar-refractivity contribution in [3.05, 3.63) is 30.2 Å². The number of H-pyrrole nitrogens is 1. The summed E-state index contributed by atoms with van der Waals surface area (Å²) in [6.07, 6.45) is 3.25. The predicted octanol–water partition coefficient (Wildman–Crippen LogP) is 2.82. The predicted molar refractivity (Wildman–Crippen MR) is 112 cm³/mol. The zero-order valence-electron chi connectivity index (χ0n) is 17.4. The molecule has 1 fully saturated rings. The SMILES string of the molecule is CCc1cc(Oc2ncnc3cc(OCCCN4CCOCC4)c(OC)cc23)n[nH]1.